The van der Waals surface area contributed by atoms with Gasteiger partial charge in [-0.2, -0.15) is 0 Å². The predicted molar refractivity (Wildman–Crippen MR) is 94.6 cm³/mol. The Balaban J connectivity index is 2.27. The van der Waals surface area contributed by atoms with Gasteiger partial charge in [-0.3, -0.25) is 10.1 Å². The number of nitrogens with one attached hydrogen (secondary N) is 2. The Morgan fingerprint density at radius 3 is 2.77 bits per heavy atom. The zero-order valence-corrected chi connectivity index (χ0v) is 15.6. The molecule has 1 aromatic rings. The van der Waals surface area contributed by atoms with Crippen molar-refractivity contribution in [2.24, 2.45) is 5.92 Å². The van der Waals surface area contributed by atoms with E-state index in [0.717, 1.165) is 31.6 Å². The van der Waals surface area contributed by atoms with Crippen molar-refractivity contribution in [1.29, 1.82) is 0 Å². The van der Waals surface area contributed by atoms with Crippen molar-refractivity contribution in [3.05, 3.63) is 33.4 Å². The molecule has 1 aromatic carbocycles. The average Bonchev–Trinajstić information content (AvgIpc) is 3.08. The molecule has 0 bridgehead atoms. The van der Waals surface area contributed by atoms with Crippen molar-refractivity contribution in [2.45, 2.75) is 31.6 Å². The van der Waals surface area contributed by atoms with Crippen molar-refractivity contribution < 1.29 is 22.9 Å². The smallest absolute Gasteiger partial charge is 0.338 e. The highest BCUT2D eigenvalue weighted by atomic mass is 32.2. The van der Waals surface area contributed by atoms with E-state index in [-0.39, 0.29) is 29.2 Å². The topological polar surface area (TPSA) is 128 Å². The summed E-state index contributed by atoms with van der Waals surface area (Å²) in [5.41, 5.74) is -0.484. The molecular formula is C16H23N3O6S. The molecule has 1 aliphatic rings. The van der Waals surface area contributed by atoms with Gasteiger partial charge < -0.3 is 10.1 Å². The number of hydrogen-bond donors (Lipinski definition) is 2. The lowest BCUT2D eigenvalue weighted by Crippen LogP contribution is -2.27. The van der Waals surface area contributed by atoms with Crippen molar-refractivity contribution >= 4 is 21.7 Å². The lowest BCUT2D eigenvalue weighted by Gasteiger charge is -2.12. The summed E-state index contributed by atoms with van der Waals surface area (Å²) >= 11 is 0. The van der Waals surface area contributed by atoms with E-state index < -0.39 is 26.6 Å². The van der Waals surface area contributed by atoms with Crippen LogP contribution in [0, 0.1) is 23.0 Å². The Bertz CT molecular complexity index is 787. The third-order valence-electron chi connectivity index (χ3n) is 4.36. The summed E-state index contributed by atoms with van der Waals surface area (Å²) in [6.45, 7) is 5.07. The molecule has 2 N–H and O–H groups in total. The number of ether oxygens (including phenoxy) is 1. The molecular weight excluding hydrogens is 362 g/mol. The van der Waals surface area contributed by atoms with Crippen molar-refractivity contribution in [3.63, 3.8) is 0 Å². The Morgan fingerprint density at radius 1 is 1.46 bits per heavy atom. The molecule has 0 aromatic heterocycles. The van der Waals surface area contributed by atoms with E-state index >= 15 is 0 Å². The van der Waals surface area contributed by atoms with Gasteiger partial charge in [0.25, 0.3) is 5.69 Å². The van der Waals surface area contributed by atoms with Crippen molar-refractivity contribution in [1.82, 2.24) is 10.0 Å². The third-order valence-corrected chi connectivity index (χ3v) is 5.80. The fourth-order valence-electron chi connectivity index (χ4n) is 2.88. The van der Waals surface area contributed by atoms with Gasteiger partial charge in [-0.05, 0) is 51.8 Å². The predicted octanol–water partition coefficient (Wildman–Crippen LogP) is 1.36. The number of sulfonamides is 1. The lowest BCUT2D eigenvalue weighted by atomic mass is 10.1. The number of hydrogen-bond acceptors (Lipinski definition) is 7. The molecule has 0 aliphatic carbocycles. The van der Waals surface area contributed by atoms with E-state index in [1.165, 1.54) is 6.92 Å². The number of esters is 1. The van der Waals surface area contributed by atoms with Crippen LogP contribution in [0.5, 0.6) is 0 Å². The largest absolute Gasteiger partial charge is 0.462 e. The molecule has 0 amide bonds. The van der Waals surface area contributed by atoms with E-state index in [4.69, 9.17) is 4.74 Å². The van der Waals surface area contributed by atoms with Gasteiger partial charge >= 0.3 is 5.97 Å². The minimum Gasteiger partial charge on any atom is -0.462 e. The van der Waals surface area contributed by atoms with Gasteiger partial charge in [0.1, 0.15) is 0 Å². The van der Waals surface area contributed by atoms with Crippen molar-refractivity contribution in [3.8, 4) is 0 Å². The highest BCUT2D eigenvalue weighted by Crippen LogP contribution is 2.27. The number of carbonyl (C=O) groups excluding carboxylic acids is 1. The molecule has 1 fully saturated rings. The van der Waals surface area contributed by atoms with E-state index in [9.17, 15) is 23.3 Å². The summed E-state index contributed by atoms with van der Waals surface area (Å²) in [6.07, 6.45) is 1.66. The maximum atomic E-state index is 12.5. The number of rotatable bonds is 8. The maximum absolute atomic E-state index is 12.5. The summed E-state index contributed by atoms with van der Waals surface area (Å²) < 4.78 is 32.4. The zero-order chi connectivity index (χ0) is 19.3. The van der Waals surface area contributed by atoms with E-state index in [1.54, 1.807) is 6.92 Å². The summed E-state index contributed by atoms with van der Waals surface area (Å²) in [5.74, 6) is -0.387. The van der Waals surface area contributed by atoms with Crippen LogP contribution in [0.2, 0.25) is 0 Å². The van der Waals surface area contributed by atoms with E-state index in [2.05, 4.69) is 10.0 Å². The average molecular weight is 385 g/mol. The van der Waals surface area contributed by atoms with Crippen LogP contribution in [-0.4, -0.2) is 45.6 Å². The normalized spacial score (nSPS) is 17.2. The third kappa shape index (κ3) is 4.77. The van der Waals surface area contributed by atoms with Gasteiger partial charge in [-0.15, -0.1) is 0 Å². The standard InChI is InChI=1S/C16H23N3O6S/c1-3-25-16(20)14-8-13(9-15(11(14)2)19(21)22)26(23,24)18-7-5-12-4-6-17-10-12/h8-9,12,17-18H,3-7,10H2,1-2H3. The summed E-state index contributed by atoms with van der Waals surface area (Å²) in [4.78, 5) is 22.3. The Kier molecular flexibility index (Phi) is 6.68. The Labute approximate surface area is 152 Å². The molecule has 1 unspecified atom stereocenters. The molecule has 1 atom stereocenters. The first-order chi connectivity index (χ1) is 12.3. The fraction of sp³-hybridized carbons (Fsp3) is 0.562. The van der Waals surface area contributed by atoms with Gasteiger partial charge in [0, 0.05) is 18.2 Å². The van der Waals surface area contributed by atoms with Gasteiger partial charge in [-0.1, -0.05) is 0 Å². The monoisotopic (exact) mass is 385 g/mol. The number of nitro groups is 1. The number of carbonyl (C=O) groups is 1. The maximum Gasteiger partial charge on any atom is 0.338 e. The molecule has 1 saturated heterocycles. The number of nitro benzene ring substituents is 1. The molecule has 0 saturated carbocycles. The van der Waals surface area contributed by atoms with Crippen molar-refractivity contribution in [2.75, 3.05) is 26.2 Å². The second-order valence-electron chi connectivity index (χ2n) is 6.14. The van der Waals surface area contributed by atoms with Gasteiger partial charge in [-0.25, -0.2) is 17.9 Å². The zero-order valence-electron chi connectivity index (χ0n) is 14.8. The molecule has 1 aliphatic heterocycles. The first-order valence-electron chi connectivity index (χ1n) is 8.42. The Hall–Kier alpha value is -2.04. The molecule has 9 nitrogen and oxygen atoms in total. The van der Waals surface area contributed by atoms with Crippen LogP contribution < -0.4 is 10.0 Å². The first-order valence-corrected chi connectivity index (χ1v) is 9.91. The first kappa shape index (κ1) is 20.3. The minimum atomic E-state index is -3.98. The second-order valence-corrected chi connectivity index (χ2v) is 7.90. The summed E-state index contributed by atoms with van der Waals surface area (Å²) in [6, 6.07) is 2.09. The lowest BCUT2D eigenvalue weighted by molar-refractivity contribution is -0.385. The minimum absolute atomic E-state index is 0.0735. The summed E-state index contributed by atoms with van der Waals surface area (Å²) in [5, 5.41) is 14.5. The van der Waals surface area contributed by atoms with Crippen LogP contribution in [0.1, 0.15) is 35.7 Å². The van der Waals surface area contributed by atoms with Gasteiger partial charge in [0.15, 0.2) is 0 Å². The number of nitrogens with zero attached hydrogens (tertiary/aromatic N) is 1. The van der Waals surface area contributed by atoms with Crippen LogP contribution in [0.15, 0.2) is 17.0 Å². The van der Waals surface area contributed by atoms with Crippen LogP contribution in [0.3, 0.4) is 0 Å². The van der Waals surface area contributed by atoms with Crippen LogP contribution in [0.25, 0.3) is 0 Å². The highest BCUT2D eigenvalue weighted by Gasteiger charge is 2.26. The molecule has 144 valence electrons. The van der Waals surface area contributed by atoms with Gasteiger partial charge in [0.2, 0.25) is 10.0 Å². The fourth-order valence-corrected chi connectivity index (χ4v) is 3.97. The number of benzene rings is 1. The van der Waals surface area contributed by atoms with Crippen LogP contribution in [-0.2, 0) is 14.8 Å². The molecule has 2 rings (SSSR count). The van der Waals surface area contributed by atoms with Gasteiger partial charge in [0.05, 0.1) is 22.0 Å². The van der Waals surface area contributed by atoms with E-state index in [1.807, 2.05) is 0 Å². The van der Waals surface area contributed by atoms with E-state index in [0.29, 0.717) is 12.3 Å². The molecule has 0 radical (unpaired) electrons. The second kappa shape index (κ2) is 8.56. The molecule has 26 heavy (non-hydrogen) atoms. The molecule has 0 spiro atoms. The Morgan fingerprint density at radius 2 is 2.19 bits per heavy atom. The SMILES string of the molecule is CCOC(=O)c1cc(S(=O)(=O)NCCC2CCNC2)cc([N+](=O)[O-])c1C. The highest BCUT2D eigenvalue weighted by molar-refractivity contribution is 7.89. The molecule has 1 heterocycles. The van der Waals surface area contributed by atoms with Crippen LogP contribution in [0.4, 0.5) is 5.69 Å². The summed E-state index contributed by atoms with van der Waals surface area (Å²) in [7, 11) is -3.98. The molecule has 10 heteroatoms. The van der Waals surface area contributed by atoms with Crippen LogP contribution >= 0.6 is 0 Å². The quantitative estimate of drug-likeness (QED) is 0.393.